The Hall–Kier alpha value is -2.23. The molecule has 19 heavy (non-hydrogen) atoms. The molecule has 2 rings (SSSR count). The van der Waals surface area contributed by atoms with Crippen LogP contribution in [0, 0.1) is 6.92 Å². The zero-order chi connectivity index (χ0) is 13.7. The van der Waals surface area contributed by atoms with Crippen molar-refractivity contribution in [1.29, 1.82) is 0 Å². The van der Waals surface area contributed by atoms with Crippen molar-refractivity contribution < 1.29 is 14.6 Å². The second kappa shape index (κ2) is 6.09. The average Bonchev–Trinajstić information content (AvgIpc) is 2.89. The first-order valence-corrected chi connectivity index (χ1v) is 6.19. The van der Waals surface area contributed by atoms with Crippen LogP contribution in [-0.2, 0) is 4.79 Å². The number of nitrogens with one attached hydrogen (secondary N) is 1. The number of rotatable bonds is 6. The molecule has 100 valence electrons. The highest BCUT2D eigenvalue weighted by Crippen LogP contribution is 2.23. The molecular weight excluding hydrogens is 242 g/mol. The smallest absolute Gasteiger partial charge is 0.304 e. The predicted octanol–water partition coefficient (Wildman–Crippen LogP) is 2.96. The second-order valence-corrected chi connectivity index (χ2v) is 4.52. The maximum atomic E-state index is 10.9. The topological polar surface area (TPSA) is 62.3 Å². The maximum Gasteiger partial charge on any atom is 0.304 e. The van der Waals surface area contributed by atoms with Crippen LogP contribution < -0.4 is 4.74 Å². The van der Waals surface area contributed by atoms with E-state index in [1.165, 1.54) is 0 Å². The number of carbonyl (C=O) groups is 1. The van der Waals surface area contributed by atoms with Gasteiger partial charge in [0.05, 0.1) is 13.0 Å². The number of aromatic amines is 1. The van der Waals surface area contributed by atoms with Crippen molar-refractivity contribution in [2.75, 3.05) is 6.61 Å². The zero-order valence-corrected chi connectivity index (χ0v) is 10.8. The van der Waals surface area contributed by atoms with Crippen LogP contribution in [-0.4, -0.2) is 22.7 Å². The van der Waals surface area contributed by atoms with Crippen molar-refractivity contribution in [3.05, 3.63) is 53.9 Å². The monoisotopic (exact) mass is 259 g/mol. The first kappa shape index (κ1) is 13.2. The number of hydrogen-bond donors (Lipinski definition) is 2. The zero-order valence-electron chi connectivity index (χ0n) is 10.8. The van der Waals surface area contributed by atoms with Crippen LogP contribution in [0.1, 0.15) is 23.5 Å². The summed E-state index contributed by atoms with van der Waals surface area (Å²) in [4.78, 5) is 13.9. The Kier molecular flexibility index (Phi) is 4.23. The van der Waals surface area contributed by atoms with Crippen LogP contribution in [0.4, 0.5) is 0 Å². The molecule has 0 saturated carbocycles. The second-order valence-electron chi connectivity index (χ2n) is 4.52. The molecule has 4 heteroatoms. The Balaban J connectivity index is 2.05. The number of carboxylic acids is 1. The minimum Gasteiger partial charge on any atom is -0.493 e. The van der Waals surface area contributed by atoms with Gasteiger partial charge in [-0.2, -0.15) is 0 Å². The molecule has 1 aromatic heterocycles. The molecule has 1 unspecified atom stereocenters. The molecule has 0 aliphatic rings. The third-order valence-electron chi connectivity index (χ3n) is 3.05. The largest absolute Gasteiger partial charge is 0.493 e. The summed E-state index contributed by atoms with van der Waals surface area (Å²) >= 11 is 0. The van der Waals surface area contributed by atoms with Gasteiger partial charge in [0.15, 0.2) is 0 Å². The van der Waals surface area contributed by atoms with E-state index in [0.717, 1.165) is 16.9 Å². The van der Waals surface area contributed by atoms with Gasteiger partial charge in [0.25, 0.3) is 0 Å². The molecule has 0 aliphatic carbocycles. The van der Waals surface area contributed by atoms with E-state index in [4.69, 9.17) is 9.84 Å². The van der Waals surface area contributed by atoms with E-state index in [1.54, 1.807) is 6.20 Å². The number of aliphatic carboxylic acids is 1. The van der Waals surface area contributed by atoms with Gasteiger partial charge in [0, 0.05) is 18.3 Å². The Morgan fingerprint density at radius 1 is 1.37 bits per heavy atom. The Labute approximate surface area is 112 Å². The normalized spacial score (nSPS) is 12.1. The predicted molar refractivity (Wildman–Crippen MR) is 72.5 cm³/mol. The van der Waals surface area contributed by atoms with Gasteiger partial charge >= 0.3 is 5.97 Å². The highest BCUT2D eigenvalue weighted by molar-refractivity contribution is 5.68. The van der Waals surface area contributed by atoms with Gasteiger partial charge in [0.1, 0.15) is 5.75 Å². The number of aryl methyl sites for hydroxylation is 1. The maximum absolute atomic E-state index is 10.9. The van der Waals surface area contributed by atoms with E-state index in [0.29, 0.717) is 6.61 Å². The van der Waals surface area contributed by atoms with Crippen LogP contribution in [0.15, 0.2) is 42.7 Å². The SMILES string of the molecule is Cc1ccccc1OCC(CC(=O)O)c1cc[nH]c1. The molecule has 2 aromatic rings. The molecule has 1 atom stereocenters. The summed E-state index contributed by atoms with van der Waals surface area (Å²) in [7, 11) is 0. The van der Waals surface area contributed by atoms with Gasteiger partial charge in [-0.15, -0.1) is 0 Å². The van der Waals surface area contributed by atoms with Crippen molar-refractivity contribution >= 4 is 5.97 Å². The molecular formula is C15H17NO3. The number of carboxylic acid groups (broad SMARTS) is 1. The van der Waals surface area contributed by atoms with E-state index in [2.05, 4.69) is 4.98 Å². The summed E-state index contributed by atoms with van der Waals surface area (Å²) < 4.78 is 5.75. The highest BCUT2D eigenvalue weighted by Gasteiger charge is 2.17. The number of H-pyrrole nitrogens is 1. The minimum atomic E-state index is -0.820. The van der Waals surface area contributed by atoms with Crippen molar-refractivity contribution in [2.45, 2.75) is 19.3 Å². The standard InChI is InChI=1S/C15H17NO3/c1-11-4-2-3-5-14(11)19-10-13(8-15(17)18)12-6-7-16-9-12/h2-7,9,13,16H,8,10H2,1H3,(H,17,18). The fourth-order valence-corrected chi connectivity index (χ4v) is 1.98. The molecule has 0 fully saturated rings. The molecule has 0 amide bonds. The summed E-state index contributed by atoms with van der Waals surface area (Å²) in [5.74, 6) is -0.170. The van der Waals surface area contributed by atoms with Gasteiger partial charge in [-0.05, 0) is 30.2 Å². The van der Waals surface area contributed by atoms with Crippen molar-refractivity contribution in [1.82, 2.24) is 4.98 Å². The summed E-state index contributed by atoms with van der Waals surface area (Å²) in [6.45, 7) is 2.33. The Bertz CT molecular complexity index is 534. The van der Waals surface area contributed by atoms with Crippen LogP contribution in [0.2, 0.25) is 0 Å². The Morgan fingerprint density at radius 2 is 2.16 bits per heavy atom. The molecule has 0 spiro atoms. The molecule has 0 bridgehead atoms. The lowest BCUT2D eigenvalue weighted by Gasteiger charge is -2.16. The molecule has 0 radical (unpaired) electrons. The summed E-state index contributed by atoms with van der Waals surface area (Å²) in [5.41, 5.74) is 2.00. The number of aromatic nitrogens is 1. The van der Waals surface area contributed by atoms with Crippen molar-refractivity contribution in [3.8, 4) is 5.75 Å². The molecule has 1 heterocycles. The van der Waals surface area contributed by atoms with Gasteiger partial charge in [0.2, 0.25) is 0 Å². The van der Waals surface area contributed by atoms with Crippen molar-refractivity contribution in [3.63, 3.8) is 0 Å². The van der Waals surface area contributed by atoms with E-state index < -0.39 is 5.97 Å². The lowest BCUT2D eigenvalue weighted by atomic mass is 9.99. The first-order chi connectivity index (χ1) is 9.16. The third-order valence-corrected chi connectivity index (χ3v) is 3.05. The Morgan fingerprint density at radius 3 is 2.79 bits per heavy atom. The highest BCUT2D eigenvalue weighted by atomic mass is 16.5. The first-order valence-electron chi connectivity index (χ1n) is 6.19. The van der Waals surface area contributed by atoms with Gasteiger partial charge in [-0.25, -0.2) is 0 Å². The third kappa shape index (κ3) is 3.61. The fourth-order valence-electron chi connectivity index (χ4n) is 1.98. The van der Waals surface area contributed by atoms with Gasteiger partial charge in [-0.1, -0.05) is 18.2 Å². The average molecular weight is 259 g/mol. The number of para-hydroxylation sites is 1. The van der Waals surface area contributed by atoms with E-state index >= 15 is 0 Å². The van der Waals surface area contributed by atoms with Gasteiger partial charge < -0.3 is 14.8 Å². The number of ether oxygens (including phenoxy) is 1. The minimum absolute atomic E-state index is 0.0593. The molecule has 0 saturated heterocycles. The van der Waals surface area contributed by atoms with Gasteiger partial charge in [-0.3, -0.25) is 4.79 Å². The van der Waals surface area contributed by atoms with Crippen LogP contribution in [0.5, 0.6) is 5.75 Å². The van der Waals surface area contributed by atoms with Crippen LogP contribution in [0.3, 0.4) is 0 Å². The molecule has 2 N–H and O–H groups in total. The summed E-state index contributed by atoms with van der Waals surface area (Å²) in [6, 6.07) is 9.60. The van der Waals surface area contributed by atoms with Crippen LogP contribution in [0.25, 0.3) is 0 Å². The molecule has 4 nitrogen and oxygen atoms in total. The summed E-state index contributed by atoms with van der Waals surface area (Å²) in [6.07, 6.45) is 3.66. The number of hydrogen-bond acceptors (Lipinski definition) is 2. The van der Waals surface area contributed by atoms with E-state index in [-0.39, 0.29) is 12.3 Å². The molecule has 1 aromatic carbocycles. The quantitative estimate of drug-likeness (QED) is 0.838. The van der Waals surface area contributed by atoms with E-state index in [9.17, 15) is 4.79 Å². The van der Waals surface area contributed by atoms with Crippen molar-refractivity contribution in [2.24, 2.45) is 0 Å². The lowest BCUT2D eigenvalue weighted by molar-refractivity contribution is -0.137. The molecule has 0 aliphatic heterocycles. The lowest BCUT2D eigenvalue weighted by Crippen LogP contribution is -2.14. The van der Waals surface area contributed by atoms with E-state index in [1.807, 2.05) is 43.5 Å². The number of benzene rings is 1. The van der Waals surface area contributed by atoms with Crippen LogP contribution >= 0.6 is 0 Å². The fraction of sp³-hybridized carbons (Fsp3) is 0.267. The summed E-state index contributed by atoms with van der Waals surface area (Å²) in [5, 5.41) is 8.97.